The smallest absolute Gasteiger partial charge is 0.335 e. The maximum atomic E-state index is 12.1. The third-order valence-electron chi connectivity index (χ3n) is 2.71. The Morgan fingerprint density at radius 2 is 2.10 bits per heavy atom. The van der Waals surface area contributed by atoms with Gasteiger partial charge in [-0.15, -0.1) is 0 Å². The van der Waals surface area contributed by atoms with E-state index in [0.717, 1.165) is 0 Å². The first-order chi connectivity index (χ1) is 9.90. The molecule has 0 amide bonds. The van der Waals surface area contributed by atoms with E-state index in [1.165, 1.54) is 24.5 Å². The molecule has 6 nitrogen and oxygen atoms in total. The van der Waals surface area contributed by atoms with E-state index >= 15 is 0 Å². The lowest BCUT2D eigenvalue weighted by molar-refractivity contribution is 0.0696. The van der Waals surface area contributed by atoms with Crippen LogP contribution in [0.25, 0.3) is 0 Å². The van der Waals surface area contributed by atoms with Crippen LogP contribution >= 0.6 is 15.9 Å². The van der Waals surface area contributed by atoms with Gasteiger partial charge in [0.25, 0.3) is 0 Å². The standard InChI is InChI=1S/C13H12BrNO5S/c14-11-8-9(13(16)17)3-4-12(11)21(18,19)15-6-5-10-2-1-7-20-10/h1-4,7-8,15H,5-6H2,(H,16,17). The van der Waals surface area contributed by atoms with Crippen molar-refractivity contribution in [1.29, 1.82) is 0 Å². The van der Waals surface area contributed by atoms with Gasteiger partial charge in [-0.1, -0.05) is 0 Å². The summed E-state index contributed by atoms with van der Waals surface area (Å²) < 4.78 is 32.0. The summed E-state index contributed by atoms with van der Waals surface area (Å²) in [4.78, 5) is 10.8. The molecule has 0 radical (unpaired) electrons. The number of sulfonamides is 1. The summed E-state index contributed by atoms with van der Waals surface area (Å²) in [7, 11) is -3.72. The van der Waals surface area contributed by atoms with E-state index in [1.54, 1.807) is 12.1 Å². The Kier molecular flexibility index (Phi) is 4.81. The summed E-state index contributed by atoms with van der Waals surface area (Å²) in [6.45, 7) is 0.184. The molecule has 2 N–H and O–H groups in total. The van der Waals surface area contributed by atoms with Crippen molar-refractivity contribution in [1.82, 2.24) is 4.72 Å². The van der Waals surface area contributed by atoms with Crippen LogP contribution in [-0.4, -0.2) is 26.0 Å². The molecule has 0 atom stereocenters. The minimum absolute atomic E-state index is 0.00746. The highest BCUT2D eigenvalue weighted by Gasteiger charge is 2.18. The van der Waals surface area contributed by atoms with Gasteiger partial charge in [-0.3, -0.25) is 0 Å². The van der Waals surface area contributed by atoms with Gasteiger partial charge in [0.15, 0.2) is 0 Å². The second-order valence-electron chi connectivity index (χ2n) is 4.18. The first-order valence-electron chi connectivity index (χ1n) is 5.95. The number of hydrogen-bond acceptors (Lipinski definition) is 4. The van der Waals surface area contributed by atoms with Gasteiger partial charge in [0.2, 0.25) is 10.0 Å². The van der Waals surface area contributed by atoms with E-state index in [2.05, 4.69) is 20.7 Å². The highest BCUT2D eigenvalue weighted by molar-refractivity contribution is 9.10. The Morgan fingerprint density at radius 3 is 2.67 bits per heavy atom. The molecular weight excluding hydrogens is 362 g/mol. The Hall–Kier alpha value is -1.64. The van der Waals surface area contributed by atoms with Crippen molar-refractivity contribution in [3.05, 3.63) is 52.4 Å². The van der Waals surface area contributed by atoms with Gasteiger partial charge in [0.05, 0.1) is 16.7 Å². The van der Waals surface area contributed by atoms with E-state index in [0.29, 0.717) is 12.2 Å². The molecule has 0 aliphatic heterocycles. The fourth-order valence-electron chi connectivity index (χ4n) is 1.69. The molecule has 112 valence electrons. The summed E-state index contributed by atoms with van der Waals surface area (Å²) >= 11 is 3.08. The number of hydrogen-bond donors (Lipinski definition) is 2. The van der Waals surface area contributed by atoms with Crippen molar-refractivity contribution < 1.29 is 22.7 Å². The zero-order chi connectivity index (χ0) is 15.5. The topological polar surface area (TPSA) is 96.6 Å². The first kappa shape index (κ1) is 15.7. The van der Waals surface area contributed by atoms with E-state index < -0.39 is 16.0 Å². The fraction of sp³-hybridized carbons (Fsp3) is 0.154. The van der Waals surface area contributed by atoms with Crippen molar-refractivity contribution >= 4 is 31.9 Å². The van der Waals surface area contributed by atoms with Gasteiger partial charge in [-0.2, -0.15) is 0 Å². The number of carboxylic acids is 1. The Bertz CT molecular complexity index is 740. The molecule has 0 unspecified atom stereocenters. The molecular formula is C13H12BrNO5S. The van der Waals surface area contributed by atoms with E-state index in [4.69, 9.17) is 9.52 Å². The summed E-state index contributed by atoms with van der Waals surface area (Å²) in [6, 6.07) is 7.23. The Balaban J connectivity index is 2.10. The number of carbonyl (C=O) groups is 1. The highest BCUT2D eigenvalue weighted by atomic mass is 79.9. The number of aromatic carboxylic acids is 1. The summed E-state index contributed by atoms with van der Waals surface area (Å²) in [5, 5.41) is 8.85. The third-order valence-corrected chi connectivity index (χ3v) is 5.15. The molecule has 2 rings (SSSR count). The van der Waals surface area contributed by atoms with Crippen LogP contribution in [0.15, 0.2) is 50.4 Å². The molecule has 21 heavy (non-hydrogen) atoms. The molecule has 1 aromatic heterocycles. The van der Waals surface area contributed by atoms with Crippen LogP contribution in [0.5, 0.6) is 0 Å². The number of rotatable bonds is 6. The predicted octanol–water partition coefficient (Wildman–Crippen LogP) is 2.26. The predicted molar refractivity (Wildman–Crippen MR) is 78.7 cm³/mol. The van der Waals surface area contributed by atoms with Crippen LogP contribution < -0.4 is 4.72 Å². The largest absolute Gasteiger partial charge is 0.478 e. The lowest BCUT2D eigenvalue weighted by Crippen LogP contribution is -2.26. The summed E-state index contributed by atoms with van der Waals surface area (Å²) in [6.07, 6.45) is 1.95. The maximum Gasteiger partial charge on any atom is 0.335 e. The summed E-state index contributed by atoms with van der Waals surface area (Å²) in [5.74, 6) is -0.441. The first-order valence-corrected chi connectivity index (χ1v) is 8.22. The Morgan fingerprint density at radius 1 is 1.33 bits per heavy atom. The third kappa shape index (κ3) is 3.93. The molecule has 0 aliphatic carbocycles. The zero-order valence-corrected chi connectivity index (χ0v) is 13.1. The van der Waals surface area contributed by atoms with Crippen LogP contribution in [0, 0.1) is 0 Å². The minimum Gasteiger partial charge on any atom is -0.478 e. The van der Waals surface area contributed by atoms with Crippen molar-refractivity contribution in [3.8, 4) is 0 Å². The normalized spacial score (nSPS) is 11.5. The number of benzene rings is 1. The van der Waals surface area contributed by atoms with Crippen LogP contribution in [0.4, 0.5) is 0 Å². The fourth-order valence-corrected chi connectivity index (χ4v) is 3.80. The van der Waals surface area contributed by atoms with Crippen molar-refractivity contribution in [2.24, 2.45) is 0 Å². The van der Waals surface area contributed by atoms with E-state index in [-0.39, 0.29) is 21.5 Å². The van der Waals surface area contributed by atoms with E-state index in [1.807, 2.05) is 0 Å². The lowest BCUT2D eigenvalue weighted by Gasteiger charge is -2.08. The van der Waals surface area contributed by atoms with Crippen molar-refractivity contribution in [3.63, 3.8) is 0 Å². The second kappa shape index (κ2) is 6.42. The minimum atomic E-state index is -3.72. The average molecular weight is 374 g/mol. The molecule has 2 aromatic rings. The van der Waals surface area contributed by atoms with Crippen LogP contribution in [0.1, 0.15) is 16.1 Å². The molecule has 8 heteroatoms. The highest BCUT2D eigenvalue weighted by Crippen LogP contribution is 2.23. The Labute approximate surface area is 130 Å². The van der Waals surface area contributed by atoms with Crippen molar-refractivity contribution in [2.75, 3.05) is 6.54 Å². The van der Waals surface area contributed by atoms with Crippen LogP contribution in [-0.2, 0) is 16.4 Å². The SMILES string of the molecule is O=C(O)c1ccc(S(=O)(=O)NCCc2ccco2)c(Br)c1. The zero-order valence-electron chi connectivity index (χ0n) is 10.7. The van der Waals surface area contributed by atoms with Gasteiger partial charge in [-0.05, 0) is 46.3 Å². The van der Waals surface area contributed by atoms with Gasteiger partial charge in [0, 0.05) is 17.4 Å². The van der Waals surface area contributed by atoms with Crippen molar-refractivity contribution in [2.45, 2.75) is 11.3 Å². The van der Waals surface area contributed by atoms with Crippen LogP contribution in [0.2, 0.25) is 0 Å². The maximum absolute atomic E-state index is 12.1. The number of nitrogens with one attached hydrogen (secondary N) is 1. The summed E-state index contributed by atoms with van der Waals surface area (Å²) in [5.41, 5.74) is 0.0106. The molecule has 0 fully saturated rings. The molecule has 1 aromatic carbocycles. The molecule has 0 saturated carbocycles. The second-order valence-corrected chi connectivity index (χ2v) is 6.77. The monoisotopic (exact) mass is 373 g/mol. The average Bonchev–Trinajstić information content (AvgIpc) is 2.91. The van der Waals surface area contributed by atoms with Crippen LogP contribution in [0.3, 0.4) is 0 Å². The van der Waals surface area contributed by atoms with E-state index in [9.17, 15) is 13.2 Å². The van der Waals surface area contributed by atoms with Gasteiger partial charge in [0.1, 0.15) is 5.76 Å². The molecule has 0 aliphatic rings. The molecule has 0 spiro atoms. The molecule has 0 bridgehead atoms. The molecule has 1 heterocycles. The molecule has 0 saturated heterocycles. The van der Waals surface area contributed by atoms with Gasteiger partial charge < -0.3 is 9.52 Å². The number of halogens is 1. The number of furan rings is 1. The quantitative estimate of drug-likeness (QED) is 0.809. The lowest BCUT2D eigenvalue weighted by atomic mass is 10.2. The van der Waals surface area contributed by atoms with Gasteiger partial charge in [-0.25, -0.2) is 17.9 Å². The number of carboxylic acid groups (broad SMARTS) is 1. The van der Waals surface area contributed by atoms with Gasteiger partial charge >= 0.3 is 5.97 Å².